The van der Waals surface area contributed by atoms with Crippen LogP contribution in [0.25, 0.3) is 0 Å². The van der Waals surface area contributed by atoms with Crippen molar-refractivity contribution in [3.63, 3.8) is 0 Å². The molecule has 1 aromatic heterocycles. The molecule has 0 saturated heterocycles. The number of rotatable bonds is 3. The van der Waals surface area contributed by atoms with E-state index in [1.54, 1.807) is 11.6 Å². The lowest BCUT2D eigenvalue weighted by atomic mass is 10.2. The summed E-state index contributed by atoms with van der Waals surface area (Å²) in [5.74, 6) is 0. The first-order valence-electron chi connectivity index (χ1n) is 5.37. The maximum Gasteiger partial charge on any atom is 0.416 e. The Morgan fingerprint density at radius 2 is 2.05 bits per heavy atom. The lowest BCUT2D eigenvalue weighted by Crippen LogP contribution is -2.06. The summed E-state index contributed by atoms with van der Waals surface area (Å²) >= 11 is 4.56. The summed E-state index contributed by atoms with van der Waals surface area (Å²) in [6.07, 6.45) is -4.35. The fourth-order valence-electron chi connectivity index (χ4n) is 1.53. The number of nitrogens with zero attached hydrogens (tertiary/aromatic N) is 1. The van der Waals surface area contributed by atoms with Crippen LogP contribution in [0.4, 0.5) is 18.9 Å². The van der Waals surface area contributed by atoms with Crippen molar-refractivity contribution in [3.8, 4) is 0 Å². The zero-order valence-corrected chi connectivity index (χ0v) is 12.3. The quantitative estimate of drug-likeness (QED) is 0.856. The number of anilines is 1. The molecule has 0 aliphatic heterocycles. The van der Waals surface area contributed by atoms with Gasteiger partial charge in [0.1, 0.15) is 0 Å². The molecule has 1 heterocycles. The van der Waals surface area contributed by atoms with E-state index in [-0.39, 0.29) is 0 Å². The number of benzene rings is 1. The largest absolute Gasteiger partial charge is 0.416 e. The zero-order valence-electron chi connectivity index (χ0n) is 9.88. The van der Waals surface area contributed by atoms with Crippen molar-refractivity contribution < 1.29 is 13.2 Å². The molecule has 0 amide bonds. The molecule has 2 rings (SSSR count). The molecule has 2 nitrogen and oxygen atoms in total. The maximum absolute atomic E-state index is 12.7. The van der Waals surface area contributed by atoms with Crippen LogP contribution in [0.3, 0.4) is 0 Å². The van der Waals surface area contributed by atoms with Gasteiger partial charge in [0, 0.05) is 15.0 Å². The molecule has 0 aliphatic carbocycles. The highest BCUT2D eigenvalue weighted by Crippen LogP contribution is 2.33. The van der Waals surface area contributed by atoms with Gasteiger partial charge in [0.15, 0.2) is 0 Å². The van der Waals surface area contributed by atoms with Gasteiger partial charge in [-0.3, -0.25) is 0 Å². The molecule has 1 aromatic carbocycles. The summed E-state index contributed by atoms with van der Waals surface area (Å²) in [5.41, 5.74) is 2.36. The van der Waals surface area contributed by atoms with Crippen LogP contribution in [0.2, 0.25) is 0 Å². The second-order valence-electron chi connectivity index (χ2n) is 3.94. The van der Waals surface area contributed by atoms with Crippen molar-refractivity contribution in [1.82, 2.24) is 4.98 Å². The molecule has 2 aromatic rings. The SMILES string of the molecule is Cc1ncsc1CNc1cc(Br)cc(C(F)(F)F)c1. The Morgan fingerprint density at radius 3 is 2.63 bits per heavy atom. The average molecular weight is 351 g/mol. The molecule has 0 unspecified atom stereocenters. The van der Waals surface area contributed by atoms with E-state index in [0.29, 0.717) is 16.7 Å². The number of hydrogen-bond acceptors (Lipinski definition) is 3. The highest BCUT2D eigenvalue weighted by molar-refractivity contribution is 9.10. The molecule has 19 heavy (non-hydrogen) atoms. The Labute approximate surface area is 120 Å². The molecular formula is C12H10BrF3N2S. The van der Waals surface area contributed by atoms with Crippen molar-refractivity contribution in [2.24, 2.45) is 0 Å². The third-order valence-electron chi connectivity index (χ3n) is 2.52. The van der Waals surface area contributed by atoms with Gasteiger partial charge in [0.25, 0.3) is 0 Å². The van der Waals surface area contributed by atoms with Gasteiger partial charge in [-0.1, -0.05) is 15.9 Å². The minimum absolute atomic E-state index is 0.394. The Hall–Kier alpha value is -1.08. The van der Waals surface area contributed by atoms with Crippen LogP contribution < -0.4 is 5.32 Å². The number of thiazole rings is 1. The summed E-state index contributed by atoms with van der Waals surface area (Å²) in [7, 11) is 0. The monoisotopic (exact) mass is 350 g/mol. The van der Waals surface area contributed by atoms with Gasteiger partial charge in [-0.2, -0.15) is 13.2 Å². The van der Waals surface area contributed by atoms with Crippen LogP contribution in [0.15, 0.2) is 28.2 Å². The Kier molecular flexibility index (Phi) is 4.15. The van der Waals surface area contributed by atoms with Crippen molar-refractivity contribution >= 4 is 33.0 Å². The average Bonchev–Trinajstić information content (AvgIpc) is 2.70. The van der Waals surface area contributed by atoms with E-state index in [9.17, 15) is 13.2 Å². The fraction of sp³-hybridized carbons (Fsp3) is 0.250. The van der Waals surface area contributed by atoms with E-state index in [2.05, 4.69) is 26.2 Å². The molecule has 0 aliphatic rings. The van der Waals surface area contributed by atoms with Crippen molar-refractivity contribution in [3.05, 3.63) is 44.3 Å². The third kappa shape index (κ3) is 3.70. The van der Waals surface area contributed by atoms with Crippen LogP contribution in [0.5, 0.6) is 0 Å². The smallest absolute Gasteiger partial charge is 0.380 e. The van der Waals surface area contributed by atoms with Gasteiger partial charge in [0.2, 0.25) is 0 Å². The molecule has 0 saturated carbocycles. The molecule has 0 spiro atoms. The van der Waals surface area contributed by atoms with Crippen molar-refractivity contribution in [1.29, 1.82) is 0 Å². The van der Waals surface area contributed by atoms with E-state index in [1.165, 1.54) is 11.3 Å². The minimum Gasteiger partial charge on any atom is -0.380 e. The normalized spacial score (nSPS) is 11.6. The van der Waals surface area contributed by atoms with Crippen LogP contribution in [-0.4, -0.2) is 4.98 Å². The van der Waals surface area contributed by atoms with Gasteiger partial charge < -0.3 is 5.32 Å². The van der Waals surface area contributed by atoms with Crippen molar-refractivity contribution in [2.75, 3.05) is 5.32 Å². The molecule has 7 heteroatoms. The number of aryl methyl sites for hydroxylation is 1. The van der Waals surface area contributed by atoms with Gasteiger partial charge in [-0.05, 0) is 25.1 Å². The predicted octanol–water partition coefficient (Wildman–Crippen LogP) is 4.84. The van der Waals surface area contributed by atoms with Crippen LogP contribution in [0, 0.1) is 6.92 Å². The van der Waals surface area contributed by atoms with Gasteiger partial charge in [-0.15, -0.1) is 11.3 Å². The third-order valence-corrected chi connectivity index (χ3v) is 3.92. The highest BCUT2D eigenvalue weighted by Gasteiger charge is 2.31. The van der Waals surface area contributed by atoms with Crippen LogP contribution >= 0.6 is 27.3 Å². The van der Waals surface area contributed by atoms with E-state index in [4.69, 9.17) is 0 Å². The van der Waals surface area contributed by atoms with E-state index >= 15 is 0 Å². The lowest BCUT2D eigenvalue weighted by molar-refractivity contribution is -0.137. The molecule has 1 N–H and O–H groups in total. The Bertz CT molecular complexity index is 581. The predicted molar refractivity (Wildman–Crippen MR) is 73.3 cm³/mol. The van der Waals surface area contributed by atoms with Crippen LogP contribution in [-0.2, 0) is 12.7 Å². The molecule has 0 bridgehead atoms. The summed E-state index contributed by atoms with van der Waals surface area (Å²) in [6.45, 7) is 2.33. The van der Waals surface area contributed by atoms with Gasteiger partial charge >= 0.3 is 6.18 Å². The van der Waals surface area contributed by atoms with Gasteiger partial charge in [0.05, 0.1) is 23.3 Å². The van der Waals surface area contributed by atoms with E-state index in [0.717, 1.165) is 22.7 Å². The number of aromatic nitrogens is 1. The minimum atomic E-state index is -4.35. The summed E-state index contributed by atoms with van der Waals surface area (Å²) in [4.78, 5) is 5.10. The second kappa shape index (κ2) is 5.50. The zero-order chi connectivity index (χ0) is 14.0. The van der Waals surface area contributed by atoms with E-state index < -0.39 is 11.7 Å². The molecule has 0 atom stereocenters. The Balaban J connectivity index is 2.17. The van der Waals surface area contributed by atoms with Gasteiger partial charge in [-0.25, -0.2) is 4.98 Å². The fourth-order valence-corrected chi connectivity index (χ4v) is 2.74. The molecule has 0 radical (unpaired) electrons. The summed E-state index contributed by atoms with van der Waals surface area (Å²) in [5, 5.41) is 2.98. The lowest BCUT2D eigenvalue weighted by Gasteiger charge is -2.11. The molecule has 0 fully saturated rings. The summed E-state index contributed by atoms with van der Waals surface area (Å²) < 4.78 is 38.4. The molecular weight excluding hydrogens is 341 g/mol. The Morgan fingerprint density at radius 1 is 1.32 bits per heavy atom. The number of hydrogen-bond donors (Lipinski definition) is 1. The summed E-state index contributed by atoms with van der Waals surface area (Å²) in [6, 6.07) is 3.77. The maximum atomic E-state index is 12.7. The highest BCUT2D eigenvalue weighted by atomic mass is 79.9. The van der Waals surface area contributed by atoms with Crippen molar-refractivity contribution in [2.45, 2.75) is 19.6 Å². The number of nitrogens with one attached hydrogen (secondary N) is 1. The van der Waals surface area contributed by atoms with E-state index in [1.807, 2.05) is 6.92 Å². The second-order valence-corrected chi connectivity index (χ2v) is 5.80. The van der Waals surface area contributed by atoms with Crippen LogP contribution in [0.1, 0.15) is 16.1 Å². The topological polar surface area (TPSA) is 24.9 Å². The number of halogens is 4. The first kappa shape index (κ1) is 14.3. The standard InChI is InChI=1S/C12H10BrF3N2S/c1-7-11(19-6-18-7)5-17-10-3-8(12(14,15)16)2-9(13)4-10/h2-4,6,17H,5H2,1H3. The number of alkyl halides is 3. The first-order chi connectivity index (χ1) is 8.86. The molecule has 102 valence electrons. The first-order valence-corrected chi connectivity index (χ1v) is 7.04.